The SMILES string of the molecule is CN(C)CCOc1ccc(-c2cc(-c3ccc4c(c3)CCC4=O)c(-c3ccnc(S(C)(=O)=O)n3)o2)cc1. The van der Waals surface area contributed by atoms with Crippen LogP contribution in [0.4, 0.5) is 0 Å². The van der Waals surface area contributed by atoms with Crippen LogP contribution in [0.5, 0.6) is 5.75 Å². The maximum absolute atomic E-state index is 12.1. The van der Waals surface area contributed by atoms with Crippen molar-refractivity contribution in [3.63, 3.8) is 0 Å². The number of aromatic nitrogens is 2. The predicted octanol–water partition coefficient (Wildman–Crippen LogP) is 4.54. The zero-order valence-corrected chi connectivity index (χ0v) is 21.7. The lowest BCUT2D eigenvalue weighted by Gasteiger charge is -2.11. The van der Waals surface area contributed by atoms with Crippen LogP contribution in [-0.4, -0.2) is 62.6 Å². The highest BCUT2D eigenvalue weighted by Crippen LogP contribution is 2.40. The van der Waals surface area contributed by atoms with E-state index >= 15 is 0 Å². The molecule has 9 heteroatoms. The second-order valence-corrected chi connectivity index (χ2v) is 11.2. The molecule has 0 fully saturated rings. The molecule has 0 atom stereocenters. The summed E-state index contributed by atoms with van der Waals surface area (Å²) in [4.78, 5) is 22.4. The van der Waals surface area contributed by atoms with E-state index in [-0.39, 0.29) is 10.9 Å². The molecule has 0 bridgehead atoms. The summed E-state index contributed by atoms with van der Waals surface area (Å²) >= 11 is 0. The van der Waals surface area contributed by atoms with Gasteiger partial charge >= 0.3 is 0 Å². The highest BCUT2D eigenvalue weighted by molar-refractivity contribution is 7.90. The van der Waals surface area contributed by atoms with Crippen LogP contribution in [0.15, 0.2) is 70.4 Å². The van der Waals surface area contributed by atoms with E-state index in [0.29, 0.717) is 36.7 Å². The van der Waals surface area contributed by atoms with E-state index in [0.717, 1.165) is 46.4 Å². The zero-order valence-electron chi connectivity index (χ0n) is 20.9. The molecule has 1 aliphatic carbocycles. The highest BCUT2D eigenvalue weighted by atomic mass is 32.2. The molecule has 2 aromatic heterocycles. The molecular formula is C28H27N3O5S. The molecule has 37 heavy (non-hydrogen) atoms. The Morgan fingerprint density at radius 1 is 0.973 bits per heavy atom. The lowest BCUT2D eigenvalue weighted by atomic mass is 9.99. The average molecular weight is 518 g/mol. The summed E-state index contributed by atoms with van der Waals surface area (Å²) in [6, 6.07) is 16.9. The van der Waals surface area contributed by atoms with E-state index < -0.39 is 9.84 Å². The van der Waals surface area contributed by atoms with Crippen molar-refractivity contribution < 1.29 is 22.4 Å². The van der Waals surface area contributed by atoms with Gasteiger partial charge in [-0.25, -0.2) is 18.4 Å². The number of hydrogen-bond donors (Lipinski definition) is 0. The molecule has 0 radical (unpaired) electrons. The Morgan fingerprint density at radius 2 is 1.73 bits per heavy atom. The molecule has 0 saturated carbocycles. The van der Waals surface area contributed by atoms with Gasteiger partial charge in [0.1, 0.15) is 23.8 Å². The number of carbonyl (C=O) groups is 1. The van der Waals surface area contributed by atoms with Crippen molar-refractivity contribution in [3.8, 4) is 39.7 Å². The lowest BCUT2D eigenvalue weighted by molar-refractivity contribution is 0.0994. The summed E-state index contributed by atoms with van der Waals surface area (Å²) < 4.78 is 36.3. The number of rotatable bonds is 8. The maximum atomic E-state index is 12.1. The van der Waals surface area contributed by atoms with Gasteiger partial charge in [-0.3, -0.25) is 4.79 Å². The lowest BCUT2D eigenvalue weighted by Crippen LogP contribution is -2.19. The van der Waals surface area contributed by atoms with Crippen LogP contribution in [0.25, 0.3) is 33.9 Å². The van der Waals surface area contributed by atoms with E-state index in [1.807, 2.05) is 62.6 Å². The number of likely N-dealkylation sites (N-methyl/N-ethyl adjacent to an activating group) is 1. The van der Waals surface area contributed by atoms with E-state index in [4.69, 9.17) is 9.15 Å². The number of hydrogen-bond acceptors (Lipinski definition) is 8. The number of ether oxygens (including phenoxy) is 1. The molecule has 190 valence electrons. The van der Waals surface area contributed by atoms with E-state index in [2.05, 4.69) is 14.9 Å². The summed E-state index contributed by atoms with van der Waals surface area (Å²) in [5.41, 5.74) is 4.55. The van der Waals surface area contributed by atoms with Gasteiger partial charge in [-0.1, -0.05) is 18.2 Å². The first-order chi connectivity index (χ1) is 17.7. The molecule has 2 heterocycles. The summed E-state index contributed by atoms with van der Waals surface area (Å²) in [5.74, 6) is 1.93. The van der Waals surface area contributed by atoms with Crippen LogP contribution < -0.4 is 4.74 Å². The van der Waals surface area contributed by atoms with Gasteiger partial charge in [-0.05, 0) is 68.0 Å². The smallest absolute Gasteiger partial charge is 0.247 e. The molecule has 0 spiro atoms. The molecule has 5 rings (SSSR count). The fourth-order valence-electron chi connectivity index (χ4n) is 4.27. The fraction of sp³-hybridized carbons (Fsp3) is 0.250. The Kier molecular flexibility index (Phi) is 6.66. The molecule has 0 unspecified atom stereocenters. The molecule has 4 aromatic rings. The second-order valence-electron chi connectivity index (χ2n) is 9.32. The quantitative estimate of drug-likeness (QED) is 0.314. The Bertz CT molecular complexity index is 1570. The van der Waals surface area contributed by atoms with E-state index in [9.17, 15) is 13.2 Å². The highest BCUT2D eigenvalue weighted by Gasteiger charge is 2.23. The van der Waals surface area contributed by atoms with Crippen molar-refractivity contribution in [2.24, 2.45) is 0 Å². The summed E-state index contributed by atoms with van der Waals surface area (Å²) in [7, 11) is 0.381. The number of furan rings is 1. The molecule has 2 aromatic carbocycles. The topological polar surface area (TPSA) is 103 Å². The van der Waals surface area contributed by atoms with Crippen molar-refractivity contribution in [2.45, 2.75) is 18.0 Å². The van der Waals surface area contributed by atoms with Gasteiger partial charge in [0.05, 0.1) is 0 Å². The van der Waals surface area contributed by atoms with Crippen LogP contribution in [-0.2, 0) is 16.3 Å². The van der Waals surface area contributed by atoms with Crippen LogP contribution in [0, 0.1) is 0 Å². The number of sulfone groups is 1. The molecule has 8 nitrogen and oxygen atoms in total. The van der Waals surface area contributed by atoms with Gasteiger partial charge in [-0.15, -0.1) is 0 Å². The molecule has 0 saturated heterocycles. The number of fused-ring (bicyclic) bond motifs is 1. The first kappa shape index (κ1) is 24.9. The third kappa shape index (κ3) is 5.33. The predicted molar refractivity (Wildman–Crippen MR) is 140 cm³/mol. The molecule has 0 amide bonds. The number of benzene rings is 2. The van der Waals surface area contributed by atoms with Gasteiger partial charge in [0.15, 0.2) is 11.5 Å². The minimum Gasteiger partial charge on any atom is -0.492 e. The van der Waals surface area contributed by atoms with Gasteiger partial charge < -0.3 is 14.1 Å². The molecular weight excluding hydrogens is 490 g/mol. The number of nitrogens with zero attached hydrogens (tertiary/aromatic N) is 3. The van der Waals surface area contributed by atoms with Crippen molar-refractivity contribution in [2.75, 3.05) is 33.5 Å². The van der Waals surface area contributed by atoms with Crippen LogP contribution in [0.3, 0.4) is 0 Å². The van der Waals surface area contributed by atoms with Crippen LogP contribution in [0.2, 0.25) is 0 Å². The van der Waals surface area contributed by atoms with Crippen molar-refractivity contribution in [1.82, 2.24) is 14.9 Å². The third-order valence-electron chi connectivity index (χ3n) is 6.21. The first-order valence-electron chi connectivity index (χ1n) is 11.9. The third-order valence-corrected chi connectivity index (χ3v) is 7.07. The summed E-state index contributed by atoms with van der Waals surface area (Å²) in [6.07, 6.45) is 3.68. The Morgan fingerprint density at radius 3 is 2.46 bits per heavy atom. The molecule has 0 N–H and O–H groups in total. The standard InChI is InChI=1S/C28H27N3O5S/c1-31(2)14-15-35-21-8-4-18(5-9-21)26-17-23(20-6-10-22-19(16-20)7-11-25(22)32)27(36-26)24-12-13-29-28(30-24)37(3,33)34/h4-6,8-10,12-13,16-17H,7,11,14-15H2,1-3H3. The maximum Gasteiger partial charge on any atom is 0.247 e. The molecule has 1 aliphatic rings. The first-order valence-corrected chi connectivity index (χ1v) is 13.8. The minimum absolute atomic E-state index is 0.149. The Balaban J connectivity index is 1.56. The van der Waals surface area contributed by atoms with Crippen molar-refractivity contribution in [1.29, 1.82) is 0 Å². The van der Waals surface area contributed by atoms with Gasteiger partial charge in [-0.2, -0.15) is 0 Å². The normalized spacial score (nSPS) is 13.2. The minimum atomic E-state index is -3.61. The van der Waals surface area contributed by atoms with Gasteiger partial charge in [0.2, 0.25) is 15.0 Å². The fourth-order valence-corrected chi connectivity index (χ4v) is 4.78. The number of ketones is 1. The van der Waals surface area contributed by atoms with Crippen LogP contribution in [0.1, 0.15) is 22.3 Å². The largest absolute Gasteiger partial charge is 0.492 e. The Labute approximate surface area is 215 Å². The number of Topliss-reactive ketones (excluding diaryl/α,β-unsaturated/α-hetero) is 1. The number of aryl methyl sites for hydroxylation is 1. The second kappa shape index (κ2) is 9.91. The summed E-state index contributed by atoms with van der Waals surface area (Å²) in [6.45, 7) is 1.39. The summed E-state index contributed by atoms with van der Waals surface area (Å²) in [5, 5.41) is -0.271. The van der Waals surface area contributed by atoms with E-state index in [1.54, 1.807) is 6.07 Å². The monoisotopic (exact) mass is 517 g/mol. The van der Waals surface area contributed by atoms with Gasteiger partial charge in [0, 0.05) is 42.1 Å². The van der Waals surface area contributed by atoms with Crippen molar-refractivity contribution in [3.05, 3.63) is 71.9 Å². The van der Waals surface area contributed by atoms with Crippen LogP contribution >= 0.6 is 0 Å². The van der Waals surface area contributed by atoms with Gasteiger partial charge in [0.25, 0.3) is 0 Å². The van der Waals surface area contributed by atoms with Crippen molar-refractivity contribution >= 4 is 15.6 Å². The number of carbonyl (C=O) groups excluding carboxylic acids is 1. The zero-order chi connectivity index (χ0) is 26.2. The van der Waals surface area contributed by atoms with E-state index in [1.165, 1.54) is 6.20 Å². The molecule has 0 aliphatic heterocycles. The Hall–Kier alpha value is -3.82. The average Bonchev–Trinajstić information content (AvgIpc) is 3.48.